The molecule has 16 heavy (non-hydrogen) atoms. The molecule has 0 aromatic carbocycles. The van der Waals surface area contributed by atoms with Crippen molar-refractivity contribution in [3.05, 3.63) is 16.6 Å². The third-order valence-corrected chi connectivity index (χ3v) is 6.65. The number of ketones is 1. The molecule has 2 rings (SSSR count). The Morgan fingerprint density at radius 1 is 1.50 bits per heavy atom. The van der Waals surface area contributed by atoms with E-state index < -0.39 is 0 Å². The van der Waals surface area contributed by atoms with E-state index in [9.17, 15) is 4.79 Å². The Hall–Kier alpha value is -0.0000000000000000833. The number of thiazole rings is 1. The molecule has 0 spiro atoms. The number of hydrogen-bond acceptors (Lipinski definition) is 5. The number of rotatable bonds is 4. The second-order valence-corrected chi connectivity index (χ2v) is 7.25. The fourth-order valence-electron chi connectivity index (χ4n) is 1.79. The molecule has 1 aliphatic heterocycles. The molecule has 1 fully saturated rings. The van der Waals surface area contributed by atoms with Crippen LogP contribution in [-0.4, -0.2) is 32.8 Å². The Bertz CT molecular complexity index is 339. The summed E-state index contributed by atoms with van der Waals surface area (Å²) in [6.07, 6.45) is 3.38. The molecule has 1 aliphatic rings. The second kappa shape index (κ2) is 6.07. The minimum Gasteiger partial charge on any atom is -0.298 e. The van der Waals surface area contributed by atoms with Gasteiger partial charge in [-0.15, -0.1) is 23.1 Å². The molecule has 0 aliphatic carbocycles. The van der Waals surface area contributed by atoms with E-state index >= 15 is 0 Å². The normalized spacial score (nSPS) is 25.6. The number of hydrogen-bond donors (Lipinski definition) is 0. The van der Waals surface area contributed by atoms with E-state index in [-0.39, 0.29) is 5.25 Å². The van der Waals surface area contributed by atoms with E-state index in [1.165, 1.54) is 5.75 Å². The van der Waals surface area contributed by atoms with Gasteiger partial charge in [0.1, 0.15) is 0 Å². The second-order valence-electron chi connectivity index (χ2n) is 3.68. The maximum absolute atomic E-state index is 12.2. The van der Waals surface area contributed by atoms with Gasteiger partial charge in [-0.2, -0.15) is 11.8 Å². The Morgan fingerprint density at radius 2 is 2.31 bits per heavy atom. The van der Waals surface area contributed by atoms with Crippen LogP contribution in [0.4, 0.5) is 0 Å². The third kappa shape index (κ3) is 3.02. The number of aromatic nitrogens is 1. The highest BCUT2D eigenvalue weighted by Gasteiger charge is 2.30. The van der Waals surface area contributed by atoms with E-state index in [4.69, 9.17) is 0 Å². The van der Waals surface area contributed by atoms with Crippen molar-refractivity contribution in [1.82, 2.24) is 4.98 Å². The van der Waals surface area contributed by atoms with Crippen molar-refractivity contribution in [3.8, 4) is 0 Å². The van der Waals surface area contributed by atoms with E-state index in [1.54, 1.807) is 17.5 Å². The molecule has 0 saturated carbocycles. The standard InChI is InChI=1S/C11H15NOS3/c1-2-9-11(16-6-5-14-9)8(13)7-10-12-3-4-15-10/h3-4,9,11H,2,5-7H2,1H3. The molecule has 2 atom stereocenters. The number of Topliss-reactive ketones (excluding diaryl/α,β-unsaturated/α-hetero) is 1. The van der Waals surface area contributed by atoms with Gasteiger partial charge in [0.2, 0.25) is 0 Å². The van der Waals surface area contributed by atoms with Crippen molar-refractivity contribution in [1.29, 1.82) is 0 Å². The minimum atomic E-state index is 0.188. The van der Waals surface area contributed by atoms with Crippen molar-refractivity contribution in [2.75, 3.05) is 11.5 Å². The summed E-state index contributed by atoms with van der Waals surface area (Å²) >= 11 is 5.36. The van der Waals surface area contributed by atoms with Gasteiger partial charge < -0.3 is 0 Å². The number of carbonyl (C=O) groups excluding carboxylic acids is 1. The molecule has 1 aromatic heterocycles. The summed E-state index contributed by atoms with van der Waals surface area (Å²) in [6, 6.07) is 0. The highest BCUT2D eigenvalue weighted by atomic mass is 32.2. The number of carbonyl (C=O) groups is 1. The Balaban J connectivity index is 1.97. The van der Waals surface area contributed by atoms with Gasteiger partial charge in [-0.3, -0.25) is 4.79 Å². The van der Waals surface area contributed by atoms with Crippen LogP contribution in [0.1, 0.15) is 18.4 Å². The summed E-state index contributed by atoms with van der Waals surface area (Å²) < 4.78 is 0. The van der Waals surface area contributed by atoms with Crippen LogP contribution in [0.3, 0.4) is 0 Å². The number of thioether (sulfide) groups is 2. The monoisotopic (exact) mass is 273 g/mol. The van der Waals surface area contributed by atoms with Crippen LogP contribution < -0.4 is 0 Å². The van der Waals surface area contributed by atoms with Gasteiger partial charge in [-0.25, -0.2) is 4.98 Å². The molecule has 1 aromatic rings. The summed E-state index contributed by atoms with van der Waals surface area (Å²) in [7, 11) is 0. The largest absolute Gasteiger partial charge is 0.298 e. The van der Waals surface area contributed by atoms with Crippen LogP contribution in [0.5, 0.6) is 0 Å². The summed E-state index contributed by atoms with van der Waals surface area (Å²) in [5, 5.41) is 3.58. The molecular weight excluding hydrogens is 258 g/mol. The van der Waals surface area contributed by atoms with Crippen molar-refractivity contribution in [3.63, 3.8) is 0 Å². The Morgan fingerprint density at radius 3 is 3.00 bits per heavy atom. The first kappa shape index (κ1) is 12.5. The first-order valence-corrected chi connectivity index (χ1v) is 8.43. The van der Waals surface area contributed by atoms with Gasteiger partial charge in [0.25, 0.3) is 0 Å². The quantitative estimate of drug-likeness (QED) is 0.844. The molecule has 2 heterocycles. The maximum Gasteiger partial charge on any atom is 0.153 e. The smallest absolute Gasteiger partial charge is 0.153 e. The van der Waals surface area contributed by atoms with Crippen molar-refractivity contribution < 1.29 is 4.79 Å². The molecule has 88 valence electrons. The predicted molar refractivity (Wildman–Crippen MR) is 73.6 cm³/mol. The van der Waals surface area contributed by atoms with Crippen LogP contribution in [0.2, 0.25) is 0 Å². The zero-order valence-corrected chi connectivity index (χ0v) is 11.7. The van der Waals surface area contributed by atoms with Crippen LogP contribution >= 0.6 is 34.9 Å². The molecular formula is C11H15NOS3. The van der Waals surface area contributed by atoms with E-state index in [0.29, 0.717) is 17.5 Å². The van der Waals surface area contributed by atoms with Crippen LogP contribution in [0.25, 0.3) is 0 Å². The van der Waals surface area contributed by atoms with Gasteiger partial charge in [0.05, 0.1) is 16.7 Å². The van der Waals surface area contributed by atoms with Crippen LogP contribution in [0.15, 0.2) is 11.6 Å². The predicted octanol–water partition coefficient (Wildman–Crippen LogP) is 2.88. The van der Waals surface area contributed by atoms with Crippen LogP contribution in [-0.2, 0) is 11.2 Å². The molecule has 2 nitrogen and oxygen atoms in total. The fourth-order valence-corrected chi connectivity index (χ4v) is 5.45. The van der Waals surface area contributed by atoms with Gasteiger partial charge in [0, 0.05) is 28.3 Å². The topological polar surface area (TPSA) is 30.0 Å². The Labute approximate surface area is 109 Å². The number of nitrogens with zero attached hydrogens (tertiary/aromatic N) is 1. The van der Waals surface area contributed by atoms with Crippen molar-refractivity contribution in [2.45, 2.75) is 30.3 Å². The lowest BCUT2D eigenvalue weighted by molar-refractivity contribution is -0.117. The van der Waals surface area contributed by atoms with E-state index in [1.807, 2.05) is 28.9 Å². The summed E-state index contributed by atoms with van der Waals surface area (Å²) in [5.74, 6) is 2.65. The third-order valence-electron chi connectivity index (χ3n) is 2.58. The first-order valence-electron chi connectivity index (χ1n) is 5.45. The molecule has 0 amide bonds. The van der Waals surface area contributed by atoms with Crippen molar-refractivity contribution >= 4 is 40.6 Å². The van der Waals surface area contributed by atoms with Crippen LogP contribution in [0, 0.1) is 0 Å². The lowest BCUT2D eigenvalue weighted by Gasteiger charge is -2.28. The van der Waals surface area contributed by atoms with Gasteiger partial charge in [0.15, 0.2) is 5.78 Å². The lowest BCUT2D eigenvalue weighted by Crippen LogP contribution is -2.33. The van der Waals surface area contributed by atoms with Crippen molar-refractivity contribution in [2.24, 2.45) is 0 Å². The molecule has 1 saturated heterocycles. The summed E-state index contributed by atoms with van der Waals surface area (Å²) in [5.41, 5.74) is 0. The first-order chi connectivity index (χ1) is 7.81. The zero-order chi connectivity index (χ0) is 11.4. The zero-order valence-electron chi connectivity index (χ0n) is 9.22. The molecule has 2 unspecified atom stereocenters. The van der Waals surface area contributed by atoms with Gasteiger partial charge >= 0.3 is 0 Å². The molecule has 0 N–H and O–H groups in total. The highest BCUT2D eigenvalue weighted by molar-refractivity contribution is 8.07. The van der Waals surface area contributed by atoms with Gasteiger partial charge in [-0.1, -0.05) is 6.92 Å². The lowest BCUT2D eigenvalue weighted by atomic mass is 10.1. The Kier molecular flexibility index (Phi) is 4.73. The SMILES string of the molecule is CCC1SCCSC1C(=O)Cc1nccs1. The van der Waals surface area contributed by atoms with E-state index in [0.717, 1.165) is 17.2 Å². The summed E-state index contributed by atoms with van der Waals surface area (Å²) in [6.45, 7) is 2.17. The molecule has 0 radical (unpaired) electrons. The fraction of sp³-hybridized carbons (Fsp3) is 0.636. The maximum atomic E-state index is 12.2. The highest BCUT2D eigenvalue weighted by Crippen LogP contribution is 2.34. The summed E-state index contributed by atoms with van der Waals surface area (Å²) in [4.78, 5) is 16.4. The minimum absolute atomic E-state index is 0.188. The van der Waals surface area contributed by atoms with Gasteiger partial charge in [-0.05, 0) is 6.42 Å². The molecule has 0 bridgehead atoms. The average molecular weight is 273 g/mol. The molecule has 5 heteroatoms. The van der Waals surface area contributed by atoms with E-state index in [2.05, 4.69) is 11.9 Å². The average Bonchev–Trinajstić information content (AvgIpc) is 2.81.